The first-order valence-electron chi connectivity index (χ1n) is 10.8. The van der Waals surface area contributed by atoms with Crippen LogP contribution in [0.2, 0.25) is 0 Å². The molecule has 1 amide bonds. The van der Waals surface area contributed by atoms with E-state index in [2.05, 4.69) is 9.88 Å². The first-order chi connectivity index (χ1) is 15.4. The lowest BCUT2D eigenvalue weighted by Crippen LogP contribution is -2.42. The van der Waals surface area contributed by atoms with E-state index in [9.17, 15) is 14.4 Å². The van der Waals surface area contributed by atoms with E-state index in [-0.39, 0.29) is 17.7 Å². The maximum atomic E-state index is 12.9. The maximum absolute atomic E-state index is 12.9. The molecule has 1 aliphatic rings. The molecule has 0 bridgehead atoms. The number of carbonyl (C=O) groups is 3. The number of rotatable bonds is 7. The third kappa shape index (κ3) is 5.84. The highest BCUT2D eigenvalue weighted by atomic mass is 16.5. The Bertz CT molecular complexity index is 960. The maximum Gasteiger partial charge on any atom is 0.339 e. The van der Waals surface area contributed by atoms with Gasteiger partial charge in [-0.3, -0.25) is 9.59 Å². The van der Waals surface area contributed by atoms with Gasteiger partial charge in [-0.1, -0.05) is 12.1 Å². The molecule has 2 aromatic rings. The first-order valence-corrected chi connectivity index (χ1v) is 10.8. The van der Waals surface area contributed by atoms with Crippen LogP contribution < -0.4 is 9.64 Å². The zero-order valence-corrected chi connectivity index (χ0v) is 18.7. The molecule has 1 atom stereocenters. The van der Waals surface area contributed by atoms with E-state index in [4.69, 9.17) is 9.47 Å². The number of ether oxygens (including phenoxy) is 2. The first kappa shape index (κ1) is 23.2. The van der Waals surface area contributed by atoms with Gasteiger partial charge in [0.1, 0.15) is 11.6 Å². The Balaban J connectivity index is 1.58. The number of benzene rings is 1. The minimum atomic E-state index is -0.661. The molecule has 32 heavy (non-hydrogen) atoms. The van der Waals surface area contributed by atoms with Gasteiger partial charge in [0.2, 0.25) is 0 Å². The summed E-state index contributed by atoms with van der Waals surface area (Å²) in [6.07, 6.45) is 1.65. The molecule has 1 aliphatic heterocycles. The quantitative estimate of drug-likeness (QED) is 0.484. The third-order valence-corrected chi connectivity index (χ3v) is 5.29. The van der Waals surface area contributed by atoms with Crippen LogP contribution in [0.25, 0.3) is 0 Å². The van der Waals surface area contributed by atoms with Crippen molar-refractivity contribution in [1.29, 1.82) is 0 Å². The monoisotopic (exact) mass is 439 g/mol. The van der Waals surface area contributed by atoms with E-state index in [1.807, 2.05) is 0 Å². The van der Waals surface area contributed by atoms with E-state index < -0.39 is 6.10 Å². The standard InChI is InChI=1S/C24H29N3O5/c1-4-31-24(30)20-9-10-22(25-16-20)26-11-6-12-27(14-13-26)23(29)18(3)32-21-8-5-7-19(15-21)17(2)28/h5,7-10,15-16,18H,4,6,11-14H2,1-3H3. The molecule has 1 fully saturated rings. The molecule has 1 aromatic carbocycles. The second kappa shape index (κ2) is 10.7. The lowest BCUT2D eigenvalue weighted by Gasteiger charge is -2.25. The van der Waals surface area contributed by atoms with Crippen LogP contribution in [0.1, 0.15) is 47.9 Å². The lowest BCUT2D eigenvalue weighted by atomic mass is 10.1. The van der Waals surface area contributed by atoms with Crippen LogP contribution in [0.3, 0.4) is 0 Å². The number of aromatic nitrogens is 1. The average Bonchev–Trinajstić information content (AvgIpc) is 3.05. The molecular weight excluding hydrogens is 410 g/mol. The molecule has 1 unspecified atom stereocenters. The van der Waals surface area contributed by atoms with E-state index in [0.717, 1.165) is 18.8 Å². The van der Waals surface area contributed by atoms with Crippen molar-refractivity contribution in [2.75, 3.05) is 37.7 Å². The predicted molar refractivity (Wildman–Crippen MR) is 120 cm³/mol. The molecule has 2 heterocycles. The lowest BCUT2D eigenvalue weighted by molar-refractivity contribution is -0.137. The van der Waals surface area contributed by atoms with Crippen molar-refractivity contribution < 1.29 is 23.9 Å². The molecule has 3 rings (SSSR count). The zero-order chi connectivity index (χ0) is 23.1. The number of hydrogen-bond donors (Lipinski definition) is 0. The molecule has 0 saturated carbocycles. The van der Waals surface area contributed by atoms with Crippen LogP contribution in [-0.2, 0) is 9.53 Å². The number of esters is 1. The summed E-state index contributed by atoms with van der Waals surface area (Å²) in [5.41, 5.74) is 0.969. The summed E-state index contributed by atoms with van der Waals surface area (Å²) in [5.74, 6) is 0.734. The minimum absolute atomic E-state index is 0.0501. The molecule has 8 nitrogen and oxygen atoms in total. The summed E-state index contributed by atoms with van der Waals surface area (Å²) in [5, 5.41) is 0. The van der Waals surface area contributed by atoms with Crippen LogP contribution in [-0.4, -0.2) is 66.4 Å². The highest BCUT2D eigenvalue weighted by molar-refractivity contribution is 5.94. The molecule has 0 radical (unpaired) electrons. The summed E-state index contributed by atoms with van der Waals surface area (Å²) >= 11 is 0. The second-order valence-electron chi connectivity index (χ2n) is 7.64. The van der Waals surface area contributed by atoms with Crippen LogP contribution in [0.5, 0.6) is 5.75 Å². The molecule has 0 N–H and O–H groups in total. The van der Waals surface area contributed by atoms with Crippen molar-refractivity contribution in [3.63, 3.8) is 0 Å². The Morgan fingerprint density at radius 2 is 1.88 bits per heavy atom. The van der Waals surface area contributed by atoms with Crippen molar-refractivity contribution in [3.8, 4) is 5.75 Å². The van der Waals surface area contributed by atoms with Gasteiger partial charge in [-0.2, -0.15) is 0 Å². The van der Waals surface area contributed by atoms with Gasteiger partial charge >= 0.3 is 5.97 Å². The van der Waals surface area contributed by atoms with Gasteiger partial charge in [-0.15, -0.1) is 0 Å². The zero-order valence-electron chi connectivity index (χ0n) is 18.7. The SMILES string of the molecule is CCOC(=O)c1ccc(N2CCCN(C(=O)C(C)Oc3cccc(C(C)=O)c3)CC2)nc1. The summed E-state index contributed by atoms with van der Waals surface area (Å²) in [6, 6.07) is 10.4. The molecule has 170 valence electrons. The fourth-order valence-electron chi connectivity index (χ4n) is 3.58. The van der Waals surface area contributed by atoms with Gasteiger partial charge in [-0.05, 0) is 51.5 Å². The summed E-state index contributed by atoms with van der Waals surface area (Å²) < 4.78 is 10.8. The van der Waals surface area contributed by atoms with E-state index >= 15 is 0 Å². The van der Waals surface area contributed by atoms with Crippen molar-refractivity contribution in [1.82, 2.24) is 9.88 Å². The normalized spacial score (nSPS) is 15.0. The van der Waals surface area contributed by atoms with E-state index in [1.165, 1.54) is 13.1 Å². The van der Waals surface area contributed by atoms with Crippen molar-refractivity contribution >= 4 is 23.5 Å². The van der Waals surface area contributed by atoms with Gasteiger partial charge in [0.15, 0.2) is 11.9 Å². The number of Topliss-reactive ketones (excluding diaryl/α,β-unsaturated/α-hetero) is 1. The topological polar surface area (TPSA) is 89.0 Å². The van der Waals surface area contributed by atoms with Gasteiger partial charge < -0.3 is 19.3 Å². The van der Waals surface area contributed by atoms with Crippen LogP contribution >= 0.6 is 0 Å². The summed E-state index contributed by atoms with van der Waals surface area (Å²) in [7, 11) is 0. The Morgan fingerprint density at radius 1 is 1.06 bits per heavy atom. The number of pyridine rings is 1. The number of anilines is 1. The van der Waals surface area contributed by atoms with E-state index in [0.29, 0.717) is 43.1 Å². The van der Waals surface area contributed by atoms with Gasteiger partial charge in [-0.25, -0.2) is 9.78 Å². The van der Waals surface area contributed by atoms with Gasteiger partial charge in [0.05, 0.1) is 12.2 Å². The predicted octanol–water partition coefficient (Wildman–Crippen LogP) is 2.97. The van der Waals surface area contributed by atoms with Crippen LogP contribution in [0.15, 0.2) is 42.6 Å². The fourth-order valence-corrected chi connectivity index (χ4v) is 3.58. The third-order valence-electron chi connectivity index (χ3n) is 5.29. The molecular formula is C24H29N3O5. The van der Waals surface area contributed by atoms with Crippen LogP contribution in [0.4, 0.5) is 5.82 Å². The Morgan fingerprint density at radius 3 is 2.56 bits per heavy atom. The smallest absolute Gasteiger partial charge is 0.339 e. The highest BCUT2D eigenvalue weighted by Crippen LogP contribution is 2.18. The largest absolute Gasteiger partial charge is 0.481 e. The van der Waals surface area contributed by atoms with Crippen molar-refractivity contribution in [3.05, 3.63) is 53.7 Å². The molecule has 0 aliphatic carbocycles. The number of ketones is 1. The Hall–Kier alpha value is -3.42. The Kier molecular flexibility index (Phi) is 7.81. The number of nitrogens with zero attached hydrogens (tertiary/aromatic N) is 3. The van der Waals surface area contributed by atoms with Crippen LogP contribution in [0, 0.1) is 0 Å². The molecule has 1 saturated heterocycles. The van der Waals surface area contributed by atoms with Gasteiger partial charge in [0.25, 0.3) is 5.91 Å². The molecule has 8 heteroatoms. The molecule has 1 aromatic heterocycles. The van der Waals surface area contributed by atoms with Crippen molar-refractivity contribution in [2.24, 2.45) is 0 Å². The molecule has 0 spiro atoms. The second-order valence-corrected chi connectivity index (χ2v) is 7.64. The number of hydrogen-bond acceptors (Lipinski definition) is 7. The Labute approximate surface area is 188 Å². The number of amides is 1. The van der Waals surface area contributed by atoms with Crippen molar-refractivity contribution in [2.45, 2.75) is 33.3 Å². The summed E-state index contributed by atoms with van der Waals surface area (Å²) in [6.45, 7) is 7.85. The number of carbonyl (C=O) groups excluding carboxylic acids is 3. The minimum Gasteiger partial charge on any atom is -0.481 e. The van der Waals surface area contributed by atoms with E-state index in [1.54, 1.807) is 55.1 Å². The highest BCUT2D eigenvalue weighted by Gasteiger charge is 2.25. The average molecular weight is 440 g/mol. The summed E-state index contributed by atoms with van der Waals surface area (Å²) in [4.78, 5) is 44.6. The fraction of sp³-hybridized carbons (Fsp3) is 0.417. The van der Waals surface area contributed by atoms with Gasteiger partial charge in [0, 0.05) is 37.9 Å².